The first kappa shape index (κ1) is 20.5. The fraction of sp³-hybridized carbons (Fsp3) is 0.350. The van der Waals surface area contributed by atoms with Crippen LogP contribution in [-0.2, 0) is 6.54 Å². The first-order chi connectivity index (χ1) is 13.2. The molecule has 0 radical (unpaired) electrons. The van der Waals surface area contributed by atoms with Crippen molar-refractivity contribution in [1.82, 2.24) is 9.80 Å². The highest BCUT2D eigenvalue weighted by molar-refractivity contribution is 6.32. The van der Waals surface area contributed by atoms with E-state index >= 15 is 0 Å². The van der Waals surface area contributed by atoms with E-state index in [2.05, 4.69) is 9.64 Å². The number of carbonyl (C=O) groups excluding carboxylic acids is 1. The molecule has 8 heteroatoms. The zero-order chi connectivity index (χ0) is 20.3. The van der Waals surface area contributed by atoms with E-state index in [1.165, 1.54) is 12.1 Å². The van der Waals surface area contributed by atoms with Gasteiger partial charge in [-0.05, 0) is 36.8 Å². The number of benzene rings is 2. The number of hydrogen-bond donors (Lipinski definition) is 0. The molecule has 150 valence electrons. The predicted octanol–water partition coefficient (Wildman–Crippen LogP) is 4.51. The highest BCUT2D eigenvalue weighted by Gasteiger charge is 2.32. The van der Waals surface area contributed by atoms with Gasteiger partial charge in [-0.3, -0.25) is 9.69 Å². The number of amides is 1. The molecule has 0 saturated carbocycles. The molecule has 1 amide bonds. The molecule has 28 heavy (non-hydrogen) atoms. The second-order valence-corrected chi connectivity index (χ2v) is 7.15. The molecular formula is C20H20ClF3N2O2. The second kappa shape index (κ2) is 8.41. The molecule has 4 nitrogen and oxygen atoms in total. The highest BCUT2D eigenvalue weighted by Crippen LogP contribution is 2.31. The summed E-state index contributed by atoms with van der Waals surface area (Å²) >= 11 is 5.90. The number of nitrogens with zero attached hydrogens (tertiary/aromatic N) is 2. The summed E-state index contributed by atoms with van der Waals surface area (Å²) in [6, 6.07) is 11.8. The largest absolute Gasteiger partial charge is 0.573 e. The Hall–Kier alpha value is -2.25. The van der Waals surface area contributed by atoms with Crippen LogP contribution in [0.4, 0.5) is 13.2 Å². The zero-order valence-electron chi connectivity index (χ0n) is 15.3. The number of aryl methyl sites for hydroxylation is 1. The molecule has 1 heterocycles. The monoisotopic (exact) mass is 412 g/mol. The normalized spacial score (nSPS) is 15.5. The summed E-state index contributed by atoms with van der Waals surface area (Å²) in [6.07, 6.45) is -4.77. The summed E-state index contributed by atoms with van der Waals surface area (Å²) in [6.45, 7) is 5.05. The molecule has 0 aromatic heterocycles. The third-order valence-corrected chi connectivity index (χ3v) is 4.88. The fourth-order valence-electron chi connectivity index (χ4n) is 3.10. The quantitative estimate of drug-likeness (QED) is 0.741. The average molecular weight is 413 g/mol. The molecule has 0 atom stereocenters. The number of hydrogen-bond acceptors (Lipinski definition) is 3. The molecule has 2 aromatic carbocycles. The van der Waals surface area contributed by atoms with Crippen molar-refractivity contribution in [3.63, 3.8) is 0 Å². The van der Waals surface area contributed by atoms with Gasteiger partial charge in [-0.1, -0.05) is 35.4 Å². The van der Waals surface area contributed by atoms with Crippen LogP contribution in [-0.4, -0.2) is 48.2 Å². The number of piperazine rings is 1. The lowest BCUT2D eigenvalue weighted by Crippen LogP contribution is -2.48. The molecular weight excluding hydrogens is 393 g/mol. The van der Waals surface area contributed by atoms with Gasteiger partial charge in [-0.2, -0.15) is 0 Å². The maximum absolute atomic E-state index is 12.6. The van der Waals surface area contributed by atoms with Gasteiger partial charge in [0.2, 0.25) is 0 Å². The predicted molar refractivity (Wildman–Crippen MR) is 100 cm³/mol. The summed E-state index contributed by atoms with van der Waals surface area (Å²) in [5.74, 6) is -0.400. The smallest absolute Gasteiger partial charge is 0.404 e. The van der Waals surface area contributed by atoms with Gasteiger partial charge in [-0.15, -0.1) is 13.2 Å². The van der Waals surface area contributed by atoms with Gasteiger partial charge in [0.25, 0.3) is 5.91 Å². The van der Waals surface area contributed by atoms with Crippen LogP contribution in [0.15, 0.2) is 42.5 Å². The molecule has 0 spiro atoms. The molecule has 0 unspecified atom stereocenters. The van der Waals surface area contributed by atoms with Crippen molar-refractivity contribution >= 4 is 17.5 Å². The zero-order valence-corrected chi connectivity index (χ0v) is 16.1. The van der Waals surface area contributed by atoms with E-state index in [4.69, 9.17) is 11.6 Å². The van der Waals surface area contributed by atoms with Crippen LogP contribution in [0.5, 0.6) is 5.75 Å². The molecule has 0 bridgehead atoms. The van der Waals surface area contributed by atoms with Gasteiger partial charge in [0.1, 0.15) is 5.75 Å². The van der Waals surface area contributed by atoms with Crippen molar-refractivity contribution in [2.75, 3.05) is 26.2 Å². The van der Waals surface area contributed by atoms with Gasteiger partial charge < -0.3 is 9.64 Å². The minimum Gasteiger partial charge on any atom is -0.404 e. The van der Waals surface area contributed by atoms with Crippen LogP contribution < -0.4 is 4.74 Å². The Morgan fingerprint density at radius 1 is 1.07 bits per heavy atom. The SMILES string of the molecule is Cc1ccc(C(=O)N2CCN(Cc3ccc(OC(F)(F)F)c(Cl)c3)CC2)cc1. The van der Waals surface area contributed by atoms with Gasteiger partial charge in [0.15, 0.2) is 0 Å². The van der Waals surface area contributed by atoms with Crippen molar-refractivity contribution < 1.29 is 22.7 Å². The molecule has 0 aliphatic carbocycles. The van der Waals surface area contributed by atoms with Crippen LogP contribution in [0.1, 0.15) is 21.5 Å². The van der Waals surface area contributed by atoms with Crippen molar-refractivity contribution in [3.05, 3.63) is 64.2 Å². The molecule has 2 aromatic rings. The van der Waals surface area contributed by atoms with E-state index < -0.39 is 12.1 Å². The minimum atomic E-state index is -4.77. The van der Waals surface area contributed by atoms with E-state index in [0.29, 0.717) is 38.3 Å². The summed E-state index contributed by atoms with van der Waals surface area (Å²) in [5.41, 5.74) is 2.57. The number of carbonyl (C=O) groups is 1. The summed E-state index contributed by atoms with van der Waals surface area (Å²) in [7, 11) is 0. The molecule has 1 aliphatic rings. The first-order valence-corrected chi connectivity index (χ1v) is 9.21. The topological polar surface area (TPSA) is 32.8 Å². The third-order valence-electron chi connectivity index (χ3n) is 4.59. The van der Waals surface area contributed by atoms with Crippen molar-refractivity contribution in [3.8, 4) is 5.75 Å². The van der Waals surface area contributed by atoms with Crippen LogP contribution in [0.3, 0.4) is 0 Å². The Balaban J connectivity index is 1.55. The van der Waals surface area contributed by atoms with Crippen LogP contribution in [0.2, 0.25) is 5.02 Å². The molecule has 0 N–H and O–H groups in total. The number of ether oxygens (including phenoxy) is 1. The fourth-order valence-corrected chi connectivity index (χ4v) is 3.34. The lowest BCUT2D eigenvalue weighted by atomic mass is 10.1. The average Bonchev–Trinajstić information content (AvgIpc) is 2.64. The van der Waals surface area contributed by atoms with Crippen LogP contribution in [0, 0.1) is 6.92 Å². The number of rotatable bonds is 4. The first-order valence-electron chi connectivity index (χ1n) is 8.84. The van der Waals surface area contributed by atoms with E-state index in [9.17, 15) is 18.0 Å². The van der Waals surface area contributed by atoms with Gasteiger partial charge in [0, 0.05) is 38.3 Å². The standard InChI is InChI=1S/C20H20ClF3N2O2/c1-14-2-5-16(6-3-14)19(27)26-10-8-25(9-11-26)13-15-4-7-18(17(21)12-15)28-20(22,23)24/h2-7,12H,8-11,13H2,1H3. The Morgan fingerprint density at radius 2 is 1.71 bits per heavy atom. The van der Waals surface area contributed by atoms with Gasteiger partial charge in [-0.25, -0.2) is 0 Å². The summed E-state index contributed by atoms with van der Waals surface area (Å²) < 4.78 is 40.8. The second-order valence-electron chi connectivity index (χ2n) is 6.75. The number of halogens is 4. The molecule has 1 fully saturated rings. The van der Waals surface area contributed by atoms with E-state index in [1.54, 1.807) is 6.07 Å². The summed E-state index contributed by atoms with van der Waals surface area (Å²) in [5, 5.41) is -0.0805. The maximum atomic E-state index is 12.6. The number of alkyl halides is 3. The Bertz CT molecular complexity index is 832. The third kappa shape index (κ3) is 5.39. The minimum absolute atomic E-state index is 0.0105. The van der Waals surface area contributed by atoms with Gasteiger partial charge >= 0.3 is 6.36 Å². The van der Waals surface area contributed by atoms with E-state index in [1.807, 2.05) is 36.1 Å². The highest BCUT2D eigenvalue weighted by atomic mass is 35.5. The lowest BCUT2D eigenvalue weighted by molar-refractivity contribution is -0.274. The maximum Gasteiger partial charge on any atom is 0.573 e. The van der Waals surface area contributed by atoms with E-state index in [-0.39, 0.29) is 10.9 Å². The molecule has 3 rings (SSSR count). The Morgan fingerprint density at radius 3 is 2.29 bits per heavy atom. The van der Waals surface area contributed by atoms with Crippen LogP contribution in [0.25, 0.3) is 0 Å². The lowest BCUT2D eigenvalue weighted by Gasteiger charge is -2.34. The molecule has 1 aliphatic heterocycles. The molecule has 1 saturated heterocycles. The van der Waals surface area contributed by atoms with Crippen molar-refractivity contribution in [1.29, 1.82) is 0 Å². The Labute approximate surface area is 166 Å². The van der Waals surface area contributed by atoms with Crippen molar-refractivity contribution in [2.24, 2.45) is 0 Å². The van der Waals surface area contributed by atoms with Gasteiger partial charge in [0.05, 0.1) is 5.02 Å². The summed E-state index contributed by atoms with van der Waals surface area (Å²) in [4.78, 5) is 16.5. The Kier molecular flexibility index (Phi) is 6.15. The van der Waals surface area contributed by atoms with Crippen LogP contribution >= 0.6 is 11.6 Å². The van der Waals surface area contributed by atoms with Crippen molar-refractivity contribution in [2.45, 2.75) is 19.8 Å². The van der Waals surface area contributed by atoms with E-state index in [0.717, 1.165) is 11.1 Å².